The molecular weight excluding hydrogens is 202 g/mol. The van der Waals surface area contributed by atoms with Crippen LogP contribution in [-0.2, 0) is 10.3 Å². The number of halogens is 2. The smallest absolute Gasteiger partial charge is 0.159 e. The summed E-state index contributed by atoms with van der Waals surface area (Å²) in [6.45, 7) is 0. The quantitative estimate of drug-likeness (QED) is 0.815. The Labute approximate surface area is 86.5 Å². The van der Waals surface area contributed by atoms with Gasteiger partial charge in [-0.25, -0.2) is 8.78 Å². The van der Waals surface area contributed by atoms with Crippen molar-refractivity contribution in [2.45, 2.75) is 24.5 Å². The molecule has 0 amide bonds. The second kappa shape index (κ2) is 3.54. The standard InChI is InChI=1S/C11H12F2O2/c1-15-8-5-11(14,6-8)7-2-3-9(12)10(13)4-7/h2-4,8,14H,5-6H2,1H3. The van der Waals surface area contributed by atoms with Crippen molar-refractivity contribution in [3.05, 3.63) is 35.4 Å². The van der Waals surface area contributed by atoms with E-state index in [4.69, 9.17) is 4.74 Å². The normalized spacial score (nSPS) is 30.0. The van der Waals surface area contributed by atoms with Gasteiger partial charge in [0, 0.05) is 20.0 Å². The predicted molar refractivity (Wildman–Crippen MR) is 50.3 cm³/mol. The molecular formula is C11H12F2O2. The van der Waals surface area contributed by atoms with Gasteiger partial charge in [0.25, 0.3) is 0 Å². The first-order valence-electron chi connectivity index (χ1n) is 4.76. The van der Waals surface area contributed by atoms with Crippen LogP contribution in [0.1, 0.15) is 18.4 Å². The summed E-state index contributed by atoms with van der Waals surface area (Å²) < 4.78 is 30.6. The molecule has 0 radical (unpaired) electrons. The van der Waals surface area contributed by atoms with Crippen LogP contribution in [0.25, 0.3) is 0 Å². The van der Waals surface area contributed by atoms with Gasteiger partial charge in [0.05, 0.1) is 11.7 Å². The van der Waals surface area contributed by atoms with Crippen LogP contribution in [0.4, 0.5) is 8.78 Å². The van der Waals surface area contributed by atoms with Crippen LogP contribution in [0.5, 0.6) is 0 Å². The third-order valence-corrected chi connectivity index (χ3v) is 2.92. The highest BCUT2D eigenvalue weighted by molar-refractivity contribution is 5.27. The van der Waals surface area contributed by atoms with E-state index in [2.05, 4.69) is 0 Å². The fourth-order valence-corrected chi connectivity index (χ4v) is 1.88. The van der Waals surface area contributed by atoms with Gasteiger partial charge in [-0.2, -0.15) is 0 Å². The van der Waals surface area contributed by atoms with Crippen LogP contribution in [0.3, 0.4) is 0 Å². The van der Waals surface area contributed by atoms with Crippen molar-refractivity contribution in [3.8, 4) is 0 Å². The molecule has 4 heteroatoms. The molecule has 1 aromatic rings. The molecule has 0 aliphatic heterocycles. The molecule has 1 fully saturated rings. The molecule has 1 aliphatic carbocycles. The number of rotatable bonds is 2. The fraction of sp³-hybridized carbons (Fsp3) is 0.455. The van der Waals surface area contributed by atoms with Crippen molar-refractivity contribution in [2.24, 2.45) is 0 Å². The molecule has 1 aromatic carbocycles. The summed E-state index contributed by atoms with van der Waals surface area (Å²) in [6, 6.07) is 3.48. The Morgan fingerprint density at radius 3 is 2.53 bits per heavy atom. The summed E-state index contributed by atoms with van der Waals surface area (Å²) in [6.07, 6.45) is 0.853. The molecule has 1 N–H and O–H groups in total. The number of methoxy groups -OCH3 is 1. The lowest BCUT2D eigenvalue weighted by Crippen LogP contribution is -2.45. The first-order valence-corrected chi connectivity index (χ1v) is 4.76. The summed E-state index contributed by atoms with van der Waals surface area (Å²) in [5.74, 6) is -1.83. The maximum Gasteiger partial charge on any atom is 0.159 e. The lowest BCUT2D eigenvalue weighted by molar-refractivity contribution is -0.133. The van der Waals surface area contributed by atoms with Gasteiger partial charge in [0.15, 0.2) is 11.6 Å². The summed E-state index contributed by atoms with van der Waals surface area (Å²) in [4.78, 5) is 0. The molecule has 0 unspecified atom stereocenters. The van der Waals surface area contributed by atoms with Crippen LogP contribution in [-0.4, -0.2) is 18.3 Å². The van der Waals surface area contributed by atoms with Crippen LogP contribution < -0.4 is 0 Å². The van der Waals surface area contributed by atoms with Crippen molar-refractivity contribution in [2.75, 3.05) is 7.11 Å². The van der Waals surface area contributed by atoms with Gasteiger partial charge in [-0.15, -0.1) is 0 Å². The predicted octanol–water partition coefficient (Wildman–Crippen LogP) is 1.96. The van der Waals surface area contributed by atoms with E-state index >= 15 is 0 Å². The van der Waals surface area contributed by atoms with E-state index in [1.807, 2.05) is 0 Å². The first-order chi connectivity index (χ1) is 7.05. The monoisotopic (exact) mass is 214 g/mol. The van der Waals surface area contributed by atoms with E-state index in [1.165, 1.54) is 6.07 Å². The van der Waals surface area contributed by atoms with Crippen LogP contribution in [0.2, 0.25) is 0 Å². The number of hydrogen-bond donors (Lipinski definition) is 1. The molecule has 0 spiro atoms. The second-order valence-electron chi connectivity index (χ2n) is 3.93. The minimum Gasteiger partial charge on any atom is -0.385 e. The fourth-order valence-electron chi connectivity index (χ4n) is 1.88. The van der Waals surface area contributed by atoms with E-state index in [-0.39, 0.29) is 6.10 Å². The zero-order chi connectivity index (χ0) is 11.1. The Morgan fingerprint density at radius 1 is 1.33 bits per heavy atom. The van der Waals surface area contributed by atoms with Gasteiger partial charge < -0.3 is 9.84 Å². The van der Waals surface area contributed by atoms with Crippen molar-refractivity contribution in [1.82, 2.24) is 0 Å². The molecule has 82 valence electrons. The Bertz CT molecular complexity index is 373. The van der Waals surface area contributed by atoms with Crippen LogP contribution in [0, 0.1) is 11.6 Å². The van der Waals surface area contributed by atoms with E-state index in [0.717, 1.165) is 12.1 Å². The number of hydrogen-bond acceptors (Lipinski definition) is 2. The third kappa shape index (κ3) is 1.75. The Hall–Kier alpha value is -1.00. The zero-order valence-corrected chi connectivity index (χ0v) is 8.34. The number of benzene rings is 1. The van der Waals surface area contributed by atoms with Gasteiger partial charge in [-0.3, -0.25) is 0 Å². The SMILES string of the molecule is COC1CC(O)(c2ccc(F)c(F)c2)C1. The van der Waals surface area contributed by atoms with Crippen molar-refractivity contribution >= 4 is 0 Å². The highest BCUT2D eigenvalue weighted by atomic mass is 19.2. The topological polar surface area (TPSA) is 29.5 Å². The van der Waals surface area contributed by atoms with Crippen LogP contribution >= 0.6 is 0 Å². The summed E-state index contributed by atoms with van der Waals surface area (Å²) >= 11 is 0. The maximum atomic E-state index is 12.9. The van der Waals surface area contributed by atoms with E-state index in [0.29, 0.717) is 18.4 Å². The van der Waals surface area contributed by atoms with Gasteiger partial charge in [-0.1, -0.05) is 6.07 Å². The minimum atomic E-state index is -1.06. The molecule has 2 rings (SSSR count). The molecule has 1 saturated carbocycles. The summed E-state index contributed by atoms with van der Waals surface area (Å²) in [5, 5.41) is 10.0. The van der Waals surface area contributed by atoms with E-state index in [9.17, 15) is 13.9 Å². The Kier molecular flexibility index (Phi) is 2.48. The van der Waals surface area contributed by atoms with Crippen LogP contribution in [0.15, 0.2) is 18.2 Å². The molecule has 0 bridgehead atoms. The first kappa shape index (κ1) is 10.5. The minimum absolute atomic E-state index is 0.00288. The molecule has 15 heavy (non-hydrogen) atoms. The van der Waals surface area contributed by atoms with Gasteiger partial charge in [0.2, 0.25) is 0 Å². The highest BCUT2D eigenvalue weighted by Gasteiger charge is 2.44. The second-order valence-corrected chi connectivity index (χ2v) is 3.93. The van der Waals surface area contributed by atoms with Gasteiger partial charge >= 0.3 is 0 Å². The molecule has 2 nitrogen and oxygen atoms in total. The Morgan fingerprint density at radius 2 is 2.00 bits per heavy atom. The highest BCUT2D eigenvalue weighted by Crippen LogP contribution is 2.42. The van der Waals surface area contributed by atoms with Crippen molar-refractivity contribution in [3.63, 3.8) is 0 Å². The Balaban J connectivity index is 2.20. The zero-order valence-electron chi connectivity index (χ0n) is 8.34. The largest absolute Gasteiger partial charge is 0.385 e. The average molecular weight is 214 g/mol. The molecule has 0 saturated heterocycles. The number of aliphatic hydroxyl groups is 1. The van der Waals surface area contributed by atoms with Gasteiger partial charge in [-0.05, 0) is 17.7 Å². The molecule has 0 aromatic heterocycles. The molecule has 0 atom stereocenters. The lowest BCUT2D eigenvalue weighted by Gasteiger charge is -2.43. The molecule has 0 heterocycles. The number of ether oxygens (including phenoxy) is 1. The van der Waals surface area contributed by atoms with Crippen molar-refractivity contribution in [1.29, 1.82) is 0 Å². The summed E-state index contributed by atoms with van der Waals surface area (Å²) in [7, 11) is 1.56. The average Bonchev–Trinajstić information content (AvgIpc) is 2.17. The van der Waals surface area contributed by atoms with E-state index < -0.39 is 17.2 Å². The lowest BCUT2D eigenvalue weighted by atomic mass is 9.73. The van der Waals surface area contributed by atoms with Crippen molar-refractivity contribution < 1.29 is 18.6 Å². The van der Waals surface area contributed by atoms with E-state index in [1.54, 1.807) is 7.11 Å². The van der Waals surface area contributed by atoms with Gasteiger partial charge in [0.1, 0.15) is 0 Å². The third-order valence-electron chi connectivity index (χ3n) is 2.92. The molecule has 1 aliphatic rings. The summed E-state index contributed by atoms with van der Waals surface area (Å²) in [5.41, 5.74) is -0.649. The maximum absolute atomic E-state index is 12.9.